The normalized spacial score (nSPS) is 14.5. The summed E-state index contributed by atoms with van der Waals surface area (Å²) < 4.78 is 24.5. The fraction of sp³-hybridized carbons (Fsp3) is 0.300. The highest BCUT2D eigenvalue weighted by atomic mass is 79.9. The summed E-state index contributed by atoms with van der Waals surface area (Å²) in [7, 11) is 0. The molecule has 0 atom stereocenters. The third-order valence-electron chi connectivity index (χ3n) is 4.23. The lowest BCUT2D eigenvalue weighted by atomic mass is 10.2. The van der Waals surface area contributed by atoms with Crippen molar-refractivity contribution < 1.29 is 23.5 Å². The summed E-state index contributed by atoms with van der Waals surface area (Å²) in [5.41, 5.74) is 1.52. The second-order valence-electron chi connectivity index (χ2n) is 6.33. The topological polar surface area (TPSA) is 67.9 Å². The van der Waals surface area contributed by atoms with E-state index in [2.05, 4.69) is 26.1 Å². The van der Waals surface area contributed by atoms with Crippen LogP contribution in [0.2, 0.25) is 0 Å². The van der Waals surface area contributed by atoms with Crippen LogP contribution < -0.4 is 5.32 Å². The Kier molecular flexibility index (Phi) is 7.13. The van der Waals surface area contributed by atoms with E-state index in [0.717, 1.165) is 44.5 Å². The molecule has 1 saturated heterocycles. The third kappa shape index (κ3) is 5.85. The van der Waals surface area contributed by atoms with Gasteiger partial charge in [-0.1, -0.05) is 28.1 Å². The number of carbonyl (C=O) groups is 2. The van der Waals surface area contributed by atoms with Gasteiger partial charge in [-0.2, -0.15) is 0 Å². The van der Waals surface area contributed by atoms with Crippen molar-refractivity contribution in [3.8, 4) is 0 Å². The van der Waals surface area contributed by atoms with Crippen molar-refractivity contribution >= 4 is 33.5 Å². The third-order valence-corrected chi connectivity index (χ3v) is 4.73. The quantitative estimate of drug-likeness (QED) is 0.684. The minimum Gasteiger partial charge on any atom is -0.452 e. The number of hydrogen-bond donors (Lipinski definition) is 1. The molecule has 1 amide bonds. The number of carbonyl (C=O) groups excluding carboxylic acids is 2. The van der Waals surface area contributed by atoms with Gasteiger partial charge in [0.15, 0.2) is 6.61 Å². The summed E-state index contributed by atoms with van der Waals surface area (Å²) in [5.74, 6) is -2.09. The lowest BCUT2D eigenvalue weighted by molar-refractivity contribution is -0.119. The second-order valence-corrected chi connectivity index (χ2v) is 7.25. The molecule has 0 spiro atoms. The van der Waals surface area contributed by atoms with Crippen molar-refractivity contribution in [3.63, 3.8) is 0 Å². The molecule has 2 aromatic carbocycles. The highest BCUT2D eigenvalue weighted by Gasteiger charge is 2.15. The Hall–Kier alpha value is -2.29. The van der Waals surface area contributed by atoms with E-state index >= 15 is 0 Å². The number of nitrogens with one attached hydrogen (secondary N) is 1. The van der Waals surface area contributed by atoms with Crippen LogP contribution in [0.4, 0.5) is 10.1 Å². The maximum absolute atomic E-state index is 13.7. The second kappa shape index (κ2) is 9.77. The molecule has 0 bridgehead atoms. The Labute approximate surface area is 170 Å². The number of amides is 1. The van der Waals surface area contributed by atoms with E-state index in [0.29, 0.717) is 10.2 Å². The lowest BCUT2D eigenvalue weighted by Gasteiger charge is -2.26. The Bertz CT molecular complexity index is 839. The van der Waals surface area contributed by atoms with Gasteiger partial charge >= 0.3 is 5.97 Å². The molecule has 6 nitrogen and oxygen atoms in total. The summed E-state index contributed by atoms with van der Waals surface area (Å²) >= 11 is 3.11. The first-order valence-electron chi connectivity index (χ1n) is 8.82. The molecule has 0 aliphatic carbocycles. The van der Waals surface area contributed by atoms with Crippen LogP contribution in [0.1, 0.15) is 15.9 Å². The fourth-order valence-corrected chi connectivity index (χ4v) is 3.11. The van der Waals surface area contributed by atoms with Gasteiger partial charge in [0.25, 0.3) is 5.91 Å². The van der Waals surface area contributed by atoms with Crippen LogP contribution in [-0.4, -0.2) is 49.7 Å². The SMILES string of the molecule is O=C(COC(=O)c1ccc(Br)cc1F)Nc1ccc(CN2CCOCC2)cc1. The average molecular weight is 451 g/mol. The summed E-state index contributed by atoms with van der Waals surface area (Å²) in [6.45, 7) is 3.64. The number of esters is 1. The molecular weight excluding hydrogens is 431 g/mol. The van der Waals surface area contributed by atoms with Crippen molar-refractivity contribution in [2.24, 2.45) is 0 Å². The molecule has 3 rings (SSSR count). The Morgan fingerprint density at radius 3 is 2.54 bits per heavy atom. The highest BCUT2D eigenvalue weighted by molar-refractivity contribution is 9.10. The van der Waals surface area contributed by atoms with Gasteiger partial charge < -0.3 is 14.8 Å². The van der Waals surface area contributed by atoms with E-state index in [1.807, 2.05) is 12.1 Å². The van der Waals surface area contributed by atoms with E-state index in [1.54, 1.807) is 12.1 Å². The van der Waals surface area contributed by atoms with E-state index in [9.17, 15) is 14.0 Å². The van der Waals surface area contributed by atoms with Gasteiger partial charge in [-0.3, -0.25) is 9.69 Å². The molecule has 148 valence electrons. The number of halogens is 2. The molecule has 8 heteroatoms. The molecule has 0 unspecified atom stereocenters. The zero-order valence-corrected chi connectivity index (χ0v) is 16.7. The van der Waals surface area contributed by atoms with Crippen LogP contribution >= 0.6 is 15.9 Å². The minimum absolute atomic E-state index is 0.219. The summed E-state index contributed by atoms with van der Waals surface area (Å²) in [6, 6.07) is 11.5. The van der Waals surface area contributed by atoms with Crippen LogP contribution in [0.5, 0.6) is 0 Å². The first-order chi connectivity index (χ1) is 13.5. The monoisotopic (exact) mass is 450 g/mol. The van der Waals surface area contributed by atoms with Crippen LogP contribution in [0.15, 0.2) is 46.9 Å². The predicted molar refractivity (Wildman–Crippen MR) is 106 cm³/mol. The number of benzene rings is 2. The molecule has 1 aliphatic rings. The van der Waals surface area contributed by atoms with Gasteiger partial charge in [-0.25, -0.2) is 9.18 Å². The molecule has 0 saturated carbocycles. The Balaban J connectivity index is 1.47. The minimum atomic E-state index is -0.888. The number of ether oxygens (including phenoxy) is 2. The largest absolute Gasteiger partial charge is 0.452 e. The van der Waals surface area contributed by atoms with Gasteiger partial charge in [0.2, 0.25) is 0 Å². The van der Waals surface area contributed by atoms with Crippen molar-refractivity contribution in [1.29, 1.82) is 0 Å². The fourth-order valence-electron chi connectivity index (χ4n) is 2.77. The lowest BCUT2D eigenvalue weighted by Crippen LogP contribution is -2.35. The zero-order chi connectivity index (χ0) is 19.9. The smallest absolute Gasteiger partial charge is 0.341 e. The van der Waals surface area contributed by atoms with E-state index < -0.39 is 24.3 Å². The van der Waals surface area contributed by atoms with Crippen molar-refractivity contribution in [2.45, 2.75) is 6.54 Å². The molecular formula is C20H20BrFN2O4. The van der Waals surface area contributed by atoms with Gasteiger partial charge in [-0.15, -0.1) is 0 Å². The number of nitrogens with zero attached hydrogens (tertiary/aromatic N) is 1. The maximum Gasteiger partial charge on any atom is 0.341 e. The van der Waals surface area contributed by atoms with Crippen LogP contribution in [0.25, 0.3) is 0 Å². The van der Waals surface area contributed by atoms with E-state index in [1.165, 1.54) is 12.1 Å². The van der Waals surface area contributed by atoms with Crippen LogP contribution in [0, 0.1) is 5.82 Å². The van der Waals surface area contributed by atoms with Crippen LogP contribution in [0.3, 0.4) is 0 Å². The standard InChI is InChI=1S/C20H20BrFN2O4/c21-15-3-6-17(18(22)11-15)20(26)28-13-19(25)23-16-4-1-14(2-5-16)12-24-7-9-27-10-8-24/h1-6,11H,7-10,12-13H2,(H,23,25). The molecule has 2 aromatic rings. The Morgan fingerprint density at radius 2 is 1.86 bits per heavy atom. The van der Waals surface area contributed by atoms with Crippen molar-refractivity contribution in [1.82, 2.24) is 4.90 Å². The van der Waals surface area contributed by atoms with Crippen molar-refractivity contribution in [3.05, 3.63) is 63.9 Å². The average Bonchev–Trinajstić information content (AvgIpc) is 2.68. The molecule has 1 N–H and O–H groups in total. The Morgan fingerprint density at radius 1 is 1.14 bits per heavy atom. The molecule has 1 heterocycles. The first kappa shape index (κ1) is 20.4. The molecule has 0 radical (unpaired) electrons. The summed E-state index contributed by atoms with van der Waals surface area (Å²) in [5, 5.41) is 2.65. The predicted octanol–water partition coefficient (Wildman–Crippen LogP) is 3.22. The van der Waals surface area contributed by atoms with Gasteiger partial charge in [0.05, 0.1) is 18.8 Å². The highest BCUT2D eigenvalue weighted by Crippen LogP contribution is 2.16. The van der Waals surface area contributed by atoms with Gasteiger partial charge in [-0.05, 0) is 35.9 Å². The summed E-state index contributed by atoms with van der Waals surface area (Å²) in [6.07, 6.45) is 0. The number of hydrogen-bond acceptors (Lipinski definition) is 5. The number of rotatable bonds is 6. The summed E-state index contributed by atoms with van der Waals surface area (Å²) in [4.78, 5) is 26.2. The number of anilines is 1. The van der Waals surface area contributed by atoms with E-state index in [-0.39, 0.29) is 5.56 Å². The first-order valence-corrected chi connectivity index (χ1v) is 9.61. The molecule has 28 heavy (non-hydrogen) atoms. The zero-order valence-electron chi connectivity index (χ0n) is 15.1. The van der Waals surface area contributed by atoms with Gasteiger partial charge in [0, 0.05) is 29.8 Å². The van der Waals surface area contributed by atoms with Crippen LogP contribution in [-0.2, 0) is 20.8 Å². The molecule has 1 aliphatic heterocycles. The molecule has 1 fully saturated rings. The maximum atomic E-state index is 13.7. The molecule has 0 aromatic heterocycles. The number of morpholine rings is 1. The van der Waals surface area contributed by atoms with E-state index in [4.69, 9.17) is 9.47 Å². The van der Waals surface area contributed by atoms with Gasteiger partial charge in [0.1, 0.15) is 5.82 Å². The van der Waals surface area contributed by atoms with Crippen molar-refractivity contribution in [2.75, 3.05) is 38.2 Å².